The van der Waals surface area contributed by atoms with E-state index < -0.39 is 23.9 Å². The zero-order valence-corrected chi connectivity index (χ0v) is 69.2. The van der Waals surface area contributed by atoms with E-state index >= 15 is 0 Å². The first-order valence-corrected chi connectivity index (χ1v) is 42.1. The van der Waals surface area contributed by atoms with Crippen LogP contribution >= 0.6 is 34.8 Å². The Hall–Kier alpha value is -12.5. The van der Waals surface area contributed by atoms with Crippen LogP contribution in [0, 0.1) is 0 Å². The van der Waals surface area contributed by atoms with Crippen LogP contribution in [0.5, 0.6) is 17.2 Å². The Morgan fingerprint density at radius 2 is 0.686 bits per heavy atom. The summed E-state index contributed by atoms with van der Waals surface area (Å²) < 4.78 is 24.6. The van der Waals surface area contributed by atoms with E-state index in [1.54, 1.807) is 28.4 Å². The Kier molecular flexibility index (Phi) is 21.5. The van der Waals surface area contributed by atoms with E-state index in [4.69, 9.17) is 53.8 Å². The van der Waals surface area contributed by atoms with Crippen molar-refractivity contribution in [3.63, 3.8) is 0 Å². The molecule has 6 aliphatic rings. The fraction of sp³-hybridized carbons (Fsp3) is 0.263. The number of nitrogens with zero attached hydrogens (tertiary/aromatic N) is 10. The van der Waals surface area contributed by atoms with E-state index in [9.17, 15) is 19.2 Å². The van der Waals surface area contributed by atoms with Crippen LogP contribution in [-0.4, -0.2) is 191 Å². The van der Waals surface area contributed by atoms with Crippen molar-refractivity contribution in [1.29, 1.82) is 0 Å². The Labute approximate surface area is 712 Å². The maximum absolute atomic E-state index is 13.6. The number of piperazine rings is 3. The number of hydrogen-bond donors (Lipinski definition) is 5. The number of fused-ring (bicyclic) bond motifs is 9. The van der Waals surface area contributed by atoms with Crippen molar-refractivity contribution in [2.45, 2.75) is 83.2 Å². The SMILES string of the molecule is CC(C)(C)OC(=O)N1CCN(C(=O)C2Cc3cc(Cl)cc(-c4ccnc5[nH]c(Cc6cc7ccccc7cn6)cc45)c3O2)CC1.O=C([C@@H]1Cc2cc(Cl)cc(-c3ccnc4[nH]c(Cc5cc6ccccc6cn5)cc34)c2O1)N1CCNCC1.O=C([C@H]1Cc2cc(Cl)cc(-c3ccnc4[nH]c(Cc5cc6ccccc6cn5)cc34)c2O1)N1CCNCC1. The molecule has 0 saturated carbocycles. The molecule has 0 radical (unpaired) electrons. The second kappa shape index (κ2) is 33.2. The van der Waals surface area contributed by atoms with Crippen molar-refractivity contribution >= 4 is 124 Å². The van der Waals surface area contributed by atoms with Gasteiger partial charge < -0.3 is 64.1 Å². The first-order chi connectivity index (χ1) is 58.8. The molecule has 9 aromatic heterocycles. The maximum atomic E-state index is 13.6. The number of carbonyl (C=O) groups is 4. The predicted octanol–water partition coefficient (Wildman–Crippen LogP) is 15.9. The van der Waals surface area contributed by atoms with Gasteiger partial charge in [0.1, 0.15) is 39.8 Å². The first kappa shape index (κ1) is 78.3. The number of nitrogens with one attached hydrogen (secondary N) is 5. The number of halogens is 3. The third kappa shape index (κ3) is 16.6. The third-order valence-electron chi connectivity index (χ3n) is 23.1. The zero-order valence-electron chi connectivity index (χ0n) is 66.9. The molecule has 3 saturated heterocycles. The molecule has 6 aliphatic heterocycles. The standard InChI is InChI=1S/C35H34ClN5O4.2C30H26ClN5O2/c1-35(2,3)45-34(43)41-12-10-40(11-13-41)33(42)30-16-23-14-24(36)17-28(31(23)44-30)27-8-9-37-32-29(27)19-26(39-32)18-25-15-21-6-4-5-7-22(21)20-38-25;2*31-21-11-20-13-27(30(37)36-9-7-32-8-10-36)38-28(20)25(14-21)24-5-6-33-29-26(24)16-23(35-29)15-22-12-18-3-1-2-4-19(18)17-34-22/h4-9,14-15,17,19-20,30H,10-13,16,18H2,1-3H3,(H,37,39);2*1-6,11-12,14,16-17,27,32H,7-10,13,15H2,(H,33,35)/t;2*27-/m.10/s1. The summed E-state index contributed by atoms with van der Waals surface area (Å²) in [4.78, 5) is 97.8. The first-order valence-electron chi connectivity index (χ1n) is 41.0. The highest BCUT2D eigenvalue weighted by atomic mass is 35.5. The van der Waals surface area contributed by atoms with E-state index in [1.165, 1.54) is 10.8 Å². The number of H-pyrrole nitrogens is 3. The largest absolute Gasteiger partial charge is 0.479 e. The second-order valence-electron chi connectivity index (χ2n) is 32.5. The van der Waals surface area contributed by atoms with Crippen LogP contribution in [-0.2, 0) is 57.6 Å². The van der Waals surface area contributed by atoms with Gasteiger partial charge in [0.2, 0.25) is 0 Å². The molecule has 3 atom stereocenters. The van der Waals surface area contributed by atoms with E-state index in [2.05, 4.69) is 128 Å². The Morgan fingerprint density at radius 3 is 1.01 bits per heavy atom. The zero-order chi connectivity index (χ0) is 82.6. The minimum absolute atomic E-state index is 0.0384. The average Bonchev–Trinajstić information content (AvgIpc) is 1.64. The van der Waals surface area contributed by atoms with Gasteiger partial charge in [0, 0.05) is 269 Å². The van der Waals surface area contributed by atoms with Gasteiger partial charge >= 0.3 is 6.09 Å². The lowest BCUT2D eigenvalue weighted by atomic mass is 9.99. The van der Waals surface area contributed by atoms with Gasteiger partial charge in [-0.2, -0.15) is 0 Å². The van der Waals surface area contributed by atoms with Gasteiger partial charge in [0.25, 0.3) is 17.7 Å². The quantitative estimate of drug-likeness (QED) is 0.0761. The maximum Gasteiger partial charge on any atom is 0.410 e. The summed E-state index contributed by atoms with van der Waals surface area (Å²) in [6, 6.07) is 54.7. The molecule has 0 aliphatic carbocycles. The fourth-order valence-corrected chi connectivity index (χ4v) is 18.0. The van der Waals surface area contributed by atoms with Gasteiger partial charge in [-0.15, -0.1) is 0 Å². The van der Waals surface area contributed by atoms with Crippen LogP contribution in [0.1, 0.15) is 71.6 Å². The van der Waals surface area contributed by atoms with Crippen LogP contribution in [0.2, 0.25) is 15.1 Å². The summed E-state index contributed by atoms with van der Waals surface area (Å²) in [5.41, 5.74) is 16.0. The predicted molar refractivity (Wildman–Crippen MR) is 471 cm³/mol. The number of benzene rings is 6. The third-order valence-corrected chi connectivity index (χ3v) is 23.8. The van der Waals surface area contributed by atoms with Gasteiger partial charge in [-0.3, -0.25) is 29.3 Å². The molecule has 6 aromatic carbocycles. The van der Waals surface area contributed by atoms with Crippen LogP contribution in [0.25, 0.3) is 98.8 Å². The van der Waals surface area contributed by atoms with E-state index in [-0.39, 0.29) is 23.8 Å². The van der Waals surface area contributed by atoms with Crippen LogP contribution < -0.4 is 24.8 Å². The number of ether oxygens (including phenoxy) is 4. The molecular weight excluding hydrogens is 1590 g/mol. The van der Waals surface area contributed by atoms with Gasteiger partial charge in [-0.1, -0.05) is 108 Å². The summed E-state index contributed by atoms with van der Waals surface area (Å²) >= 11 is 19.8. The number of amides is 4. The van der Waals surface area contributed by atoms with Crippen molar-refractivity contribution in [3.05, 3.63) is 267 Å². The van der Waals surface area contributed by atoms with Crippen molar-refractivity contribution in [3.8, 4) is 50.6 Å². The summed E-state index contributed by atoms with van der Waals surface area (Å²) in [6.45, 7) is 13.2. The Bertz CT molecular complexity index is 6310. The molecule has 4 amide bonds. The minimum Gasteiger partial charge on any atom is -0.479 e. The number of aromatic amines is 3. The van der Waals surface area contributed by atoms with Crippen molar-refractivity contribution in [2.75, 3.05) is 78.5 Å². The van der Waals surface area contributed by atoms with E-state index in [1.807, 2.05) is 140 Å². The number of pyridine rings is 6. The Morgan fingerprint density at radius 1 is 0.380 bits per heavy atom. The van der Waals surface area contributed by atoms with Crippen molar-refractivity contribution in [1.82, 2.24) is 75.1 Å². The van der Waals surface area contributed by atoms with Crippen LogP contribution in [0.4, 0.5) is 4.79 Å². The molecular formula is C95H86Cl3N15O8. The smallest absolute Gasteiger partial charge is 0.410 e. The Balaban J connectivity index is 0.000000120. The minimum atomic E-state index is -0.664. The highest BCUT2D eigenvalue weighted by molar-refractivity contribution is 6.32. The van der Waals surface area contributed by atoms with Gasteiger partial charge in [0.05, 0.1) is 0 Å². The monoisotopic (exact) mass is 1670 g/mol. The van der Waals surface area contributed by atoms with Crippen molar-refractivity contribution < 1.29 is 38.1 Å². The molecule has 0 bridgehead atoms. The molecule has 15 heterocycles. The molecule has 21 rings (SSSR count). The highest BCUT2D eigenvalue weighted by Gasteiger charge is 2.40. The molecule has 610 valence electrons. The van der Waals surface area contributed by atoms with Gasteiger partial charge in [-0.25, -0.2) is 19.7 Å². The summed E-state index contributed by atoms with van der Waals surface area (Å²) in [7, 11) is 0. The molecule has 121 heavy (non-hydrogen) atoms. The molecule has 1 unspecified atom stereocenters. The molecule has 0 spiro atoms. The van der Waals surface area contributed by atoms with E-state index in [0.29, 0.717) is 112 Å². The topological polar surface area (TPSA) is 267 Å². The number of carbonyl (C=O) groups excluding carboxylic acids is 4. The van der Waals surface area contributed by atoms with Gasteiger partial charge in [0.15, 0.2) is 18.3 Å². The second-order valence-corrected chi connectivity index (χ2v) is 33.9. The number of rotatable bonds is 12. The van der Waals surface area contributed by atoms with E-state index in [0.717, 1.165) is 177 Å². The van der Waals surface area contributed by atoms with Crippen molar-refractivity contribution in [2.24, 2.45) is 0 Å². The summed E-state index contributed by atoms with van der Waals surface area (Å²) in [5, 5.41) is 18.2. The lowest BCUT2D eigenvalue weighted by molar-refractivity contribution is -0.140. The fourth-order valence-electron chi connectivity index (χ4n) is 17.3. The van der Waals surface area contributed by atoms with Gasteiger partial charge in [-0.05, 0) is 145 Å². The molecule has 15 aromatic rings. The average molecular weight is 1670 g/mol. The molecule has 5 N–H and O–H groups in total. The normalized spacial score (nSPS) is 16.9. The van der Waals surface area contributed by atoms with Crippen LogP contribution in [0.15, 0.2) is 201 Å². The summed E-state index contributed by atoms with van der Waals surface area (Å²) in [6.07, 6.45) is 12.4. The molecule has 26 heteroatoms. The molecule has 3 fully saturated rings. The highest BCUT2D eigenvalue weighted by Crippen LogP contribution is 2.48. The lowest BCUT2D eigenvalue weighted by Gasteiger charge is -2.36. The molecule has 23 nitrogen and oxygen atoms in total. The summed E-state index contributed by atoms with van der Waals surface area (Å²) in [5.74, 6) is 2.11. The number of aromatic nitrogens is 9. The lowest BCUT2D eigenvalue weighted by Crippen LogP contribution is -2.54. The number of hydrogen-bond acceptors (Lipinski definition) is 16. The van der Waals surface area contributed by atoms with Crippen LogP contribution in [0.3, 0.4) is 0 Å².